The van der Waals surface area contributed by atoms with E-state index in [-0.39, 0.29) is 17.8 Å². The molecule has 0 aliphatic rings. The van der Waals surface area contributed by atoms with Crippen LogP contribution < -0.4 is 5.73 Å². The van der Waals surface area contributed by atoms with Crippen molar-refractivity contribution in [2.75, 3.05) is 5.73 Å². The van der Waals surface area contributed by atoms with E-state index in [2.05, 4.69) is 15.9 Å². The minimum atomic E-state index is -0.447. The number of halogens is 3. The molecule has 0 amide bonds. The Balaban J connectivity index is 2.30. The first-order valence-electron chi connectivity index (χ1n) is 5.49. The van der Waals surface area contributed by atoms with Crippen LogP contribution in [0.4, 0.5) is 10.1 Å². The molecule has 2 N–H and O–H groups in total. The molecule has 0 saturated heterocycles. The fourth-order valence-electron chi connectivity index (χ4n) is 1.70. The Morgan fingerprint density at radius 1 is 1.26 bits per heavy atom. The summed E-state index contributed by atoms with van der Waals surface area (Å²) < 4.78 is 14.2. The van der Waals surface area contributed by atoms with Gasteiger partial charge < -0.3 is 5.73 Å². The van der Waals surface area contributed by atoms with Crippen molar-refractivity contribution < 1.29 is 9.18 Å². The third-order valence-corrected chi connectivity index (χ3v) is 3.58. The number of Topliss-reactive ketones (excluding diaryl/α,β-unsaturated/α-hetero) is 1. The van der Waals surface area contributed by atoms with Crippen LogP contribution in [0.5, 0.6) is 0 Å². The zero-order valence-corrected chi connectivity index (χ0v) is 12.1. The first-order valence-corrected chi connectivity index (χ1v) is 6.66. The van der Waals surface area contributed by atoms with Gasteiger partial charge in [-0.1, -0.05) is 27.5 Å². The maximum atomic E-state index is 13.6. The minimum absolute atomic E-state index is 0.0611. The topological polar surface area (TPSA) is 43.1 Å². The van der Waals surface area contributed by atoms with Crippen LogP contribution in [0.2, 0.25) is 5.02 Å². The van der Waals surface area contributed by atoms with E-state index in [0.717, 1.165) is 0 Å². The van der Waals surface area contributed by atoms with Crippen LogP contribution in [0.15, 0.2) is 40.9 Å². The molecular formula is C14H10BrClFNO. The number of rotatable bonds is 3. The molecule has 0 bridgehead atoms. The molecule has 98 valence electrons. The van der Waals surface area contributed by atoms with Gasteiger partial charge in [-0.05, 0) is 42.0 Å². The molecular weight excluding hydrogens is 333 g/mol. The lowest BCUT2D eigenvalue weighted by Gasteiger charge is -2.06. The largest absolute Gasteiger partial charge is 0.399 e. The fraction of sp³-hybridized carbons (Fsp3) is 0.0714. The van der Waals surface area contributed by atoms with Crippen molar-refractivity contribution in [3.05, 3.63) is 62.8 Å². The average molecular weight is 343 g/mol. The molecule has 0 atom stereocenters. The summed E-state index contributed by atoms with van der Waals surface area (Å²) in [6.45, 7) is 0. The maximum Gasteiger partial charge on any atom is 0.168 e. The maximum absolute atomic E-state index is 13.6. The summed E-state index contributed by atoms with van der Waals surface area (Å²) >= 11 is 9.08. The van der Waals surface area contributed by atoms with Crippen molar-refractivity contribution in [1.82, 2.24) is 0 Å². The number of carbonyl (C=O) groups excluding carboxylic acids is 1. The SMILES string of the molecule is Nc1ccc(Br)c(C(=O)Cc2cc(Cl)ccc2F)c1. The standard InChI is InChI=1S/C14H10BrClFNO/c15-12-3-2-10(18)7-11(12)14(19)6-8-5-9(16)1-4-13(8)17/h1-5,7H,6,18H2. The number of nitrogens with two attached hydrogens (primary N) is 1. The quantitative estimate of drug-likeness (QED) is 0.669. The van der Waals surface area contributed by atoms with E-state index in [1.807, 2.05) is 0 Å². The van der Waals surface area contributed by atoms with Gasteiger partial charge >= 0.3 is 0 Å². The van der Waals surface area contributed by atoms with Gasteiger partial charge in [0.05, 0.1) is 0 Å². The van der Waals surface area contributed by atoms with Crippen LogP contribution in [0.3, 0.4) is 0 Å². The number of carbonyl (C=O) groups is 1. The van der Waals surface area contributed by atoms with Crippen LogP contribution >= 0.6 is 27.5 Å². The van der Waals surface area contributed by atoms with Gasteiger partial charge in [0.1, 0.15) is 5.82 Å². The molecule has 0 saturated carbocycles. The highest BCUT2D eigenvalue weighted by Crippen LogP contribution is 2.23. The molecule has 0 spiro atoms. The number of hydrogen-bond acceptors (Lipinski definition) is 2. The van der Waals surface area contributed by atoms with E-state index in [1.165, 1.54) is 18.2 Å². The summed E-state index contributed by atoms with van der Waals surface area (Å²) in [5, 5.41) is 0.399. The lowest BCUT2D eigenvalue weighted by Crippen LogP contribution is -2.07. The third kappa shape index (κ3) is 3.33. The van der Waals surface area contributed by atoms with Crippen molar-refractivity contribution in [3.63, 3.8) is 0 Å². The molecule has 0 unspecified atom stereocenters. The monoisotopic (exact) mass is 341 g/mol. The Hall–Kier alpha value is -1.39. The van der Waals surface area contributed by atoms with Gasteiger partial charge in [0, 0.05) is 27.2 Å². The highest BCUT2D eigenvalue weighted by atomic mass is 79.9. The summed E-state index contributed by atoms with van der Waals surface area (Å²) in [6, 6.07) is 9.09. The van der Waals surface area contributed by atoms with Crippen molar-refractivity contribution in [2.24, 2.45) is 0 Å². The van der Waals surface area contributed by atoms with Crippen molar-refractivity contribution in [3.8, 4) is 0 Å². The molecule has 0 aliphatic heterocycles. The Morgan fingerprint density at radius 3 is 2.74 bits per heavy atom. The second-order valence-corrected chi connectivity index (χ2v) is 5.37. The van der Waals surface area contributed by atoms with Gasteiger partial charge in [0.2, 0.25) is 0 Å². The summed E-state index contributed by atoms with van der Waals surface area (Å²) in [7, 11) is 0. The lowest BCUT2D eigenvalue weighted by molar-refractivity contribution is 0.0991. The summed E-state index contributed by atoms with van der Waals surface area (Å²) in [5.41, 5.74) is 6.83. The molecule has 2 nitrogen and oxygen atoms in total. The molecule has 2 rings (SSSR count). The Morgan fingerprint density at radius 2 is 2.00 bits per heavy atom. The molecule has 0 aromatic heterocycles. The third-order valence-electron chi connectivity index (χ3n) is 2.65. The van der Waals surface area contributed by atoms with Crippen LogP contribution in [0.1, 0.15) is 15.9 Å². The predicted molar refractivity (Wildman–Crippen MR) is 78.0 cm³/mol. The van der Waals surface area contributed by atoms with Crippen LogP contribution in [0.25, 0.3) is 0 Å². The van der Waals surface area contributed by atoms with Crippen molar-refractivity contribution >= 4 is 39.0 Å². The molecule has 19 heavy (non-hydrogen) atoms. The predicted octanol–water partition coefficient (Wildman–Crippen LogP) is 4.25. The zero-order valence-electron chi connectivity index (χ0n) is 9.79. The lowest BCUT2D eigenvalue weighted by atomic mass is 10.0. The van der Waals surface area contributed by atoms with Gasteiger partial charge in [-0.3, -0.25) is 4.79 Å². The number of nitrogen functional groups attached to an aromatic ring is 1. The average Bonchev–Trinajstić information content (AvgIpc) is 2.36. The van der Waals surface area contributed by atoms with E-state index < -0.39 is 5.82 Å². The molecule has 0 aliphatic carbocycles. The number of anilines is 1. The van der Waals surface area contributed by atoms with Gasteiger partial charge in [0.15, 0.2) is 5.78 Å². The smallest absolute Gasteiger partial charge is 0.168 e. The van der Waals surface area contributed by atoms with E-state index in [4.69, 9.17) is 17.3 Å². The Bertz CT molecular complexity index is 645. The van der Waals surface area contributed by atoms with E-state index in [0.29, 0.717) is 20.7 Å². The van der Waals surface area contributed by atoms with E-state index in [9.17, 15) is 9.18 Å². The Labute approximate surface area is 123 Å². The van der Waals surface area contributed by atoms with Crippen molar-refractivity contribution in [2.45, 2.75) is 6.42 Å². The van der Waals surface area contributed by atoms with E-state index in [1.54, 1.807) is 18.2 Å². The Kier molecular flexibility index (Phi) is 4.22. The summed E-state index contributed by atoms with van der Waals surface area (Å²) in [4.78, 5) is 12.2. The van der Waals surface area contributed by atoms with Crippen LogP contribution in [-0.4, -0.2) is 5.78 Å². The molecule has 2 aromatic rings. The van der Waals surface area contributed by atoms with Crippen molar-refractivity contribution in [1.29, 1.82) is 0 Å². The van der Waals surface area contributed by atoms with Gasteiger partial charge in [-0.15, -0.1) is 0 Å². The first kappa shape index (κ1) is 14.0. The molecule has 2 aromatic carbocycles. The number of ketones is 1. The fourth-order valence-corrected chi connectivity index (χ4v) is 2.37. The second-order valence-electron chi connectivity index (χ2n) is 4.07. The normalized spacial score (nSPS) is 10.5. The van der Waals surface area contributed by atoms with E-state index >= 15 is 0 Å². The molecule has 0 radical (unpaired) electrons. The summed E-state index contributed by atoms with van der Waals surface area (Å²) in [5.74, 6) is -0.668. The zero-order chi connectivity index (χ0) is 14.0. The van der Waals surface area contributed by atoms with Crippen LogP contribution in [-0.2, 0) is 6.42 Å². The van der Waals surface area contributed by atoms with Gasteiger partial charge in [-0.25, -0.2) is 4.39 Å². The highest BCUT2D eigenvalue weighted by Gasteiger charge is 2.14. The number of benzene rings is 2. The van der Waals surface area contributed by atoms with Crippen LogP contribution in [0, 0.1) is 5.82 Å². The molecule has 0 fully saturated rings. The number of hydrogen-bond donors (Lipinski definition) is 1. The molecule has 5 heteroatoms. The highest BCUT2D eigenvalue weighted by molar-refractivity contribution is 9.10. The summed E-state index contributed by atoms with van der Waals surface area (Å²) in [6.07, 6.45) is -0.0611. The second kappa shape index (κ2) is 5.72. The molecule has 0 heterocycles. The first-order chi connectivity index (χ1) is 8.97. The van der Waals surface area contributed by atoms with Gasteiger partial charge in [-0.2, -0.15) is 0 Å². The van der Waals surface area contributed by atoms with Gasteiger partial charge in [0.25, 0.3) is 0 Å². The minimum Gasteiger partial charge on any atom is -0.399 e.